The molecule has 0 saturated heterocycles. The molecule has 0 aliphatic carbocycles. The summed E-state index contributed by atoms with van der Waals surface area (Å²) in [5.74, 6) is 0.678. The molecule has 0 unspecified atom stereocenters. The van der Waals surface area contributed by atoms with Crippen LogP contribution in [0.1, 0.15) is 32.8 Å². The number of nitrogens with zero attached hydrogens (tertiary/aromatic N) is 1. The molecule has 0 spiro atoms. The Bertz CT molecular complexity index is 922. The molecule has 0 saturated carbocycles. The van der Waals surface area contributed by atoms with Crippen LogP contribution in [0.15, 0.2) is 64.4 Å². The number of rotatable bonds is 11. The minimum atomic E-state index is -0.254. The number of imide groups is 1. The van der Waals surface area contributed by atoms with Gasteiger partial charge in [-0.25, -0.2) is 0 Å². The van der Waals surface area contributed by atoms with Gasteiger partial charge in [0.2, 0.25) is 0 Å². The van der Waals surface area contributed by atoms with Crippen LogP contribution in [0, 0.1) is 5.92 Å². The molecule has 1 aliphatic heterocycles. The summed E-state index contributed by atoms with van der Waals surface area (Å²) in [5.41, 5.74) is 1.17. The SMILES string of the molecule is CCOCCCN1C(=O)C(Sc2ccccc2)=C(c2ccc(OCC(C)C)cc2)C1=O. The largest absolute Gasteiger partial charge is 0.493 e. The van der Waals surface area contributed by atoms with Crippen LogP contribution in [0.25, 0.3) is 5.57 Å². The third kappa shape index (κ3) is 5.99. The molecular formula is C25H29NO4S. The van der Waals surface area contributed by atoms with Crippen molar-refractivity contribution >= 4 is 29.1 Å². The zero-order chi connectivity index (χ0) is 22.2. The van der Waals surface area contributed by atoms with Crippen LogP contribution in [-0.4, -0.2) is 43.1 Å². The summed E-state index contributed by atoms with van der Waals surface area (Å²) < 4.78 is 11.1. The van der Waals surface area contributed by atoms with Gasteiger partial charge in [-0.05, 0) is 49.1 Å². The van der Waals surface area contributed by atoms with E-state index in [0.29, 0.717) is 49.2 Å². The molecular weight excluding hydrogens is 410 g/mol. The van der Waals surface area contributed by atoms with Crippen molar-refractivity contribution in [2.45, 2.75) is 32.1 Å². The zero-order valence-corrected chi connectivity index (χ0v) is 19.1. The molecule has 0 aromatic heterocycles. The smallest absolute Gasteiger partial charge is 0.268 e. The third-order valence-electron chi connectivity index (χ3n) is 4.69. The Labute approximate surface area is 188 Å². The first-order valence-corrected chi connectivity index (χ1v) is 11.5. The molecule has 1 heterocycles. The highest BCUT2D eigenvalue weighted by Crippen LogP contribution is 2.40. The normalized spacial score (nSPS) is 14.1. The third-order valence-corrected chi connectivity index (χ3v) is 5.78. The molecule has 3 rings (SSSR count). The lowest BCUT2D eigenvalue weighted by molar-refractivity contribution is -0.136. The first-order chi connectivity index (χ1) is 15.0. The van der Waals surface area contributed by atoms with Crippen LogP contribution < -0.4 is 4.74 Å². The van der Waals surface area contributed by atoms with E-state index >= 15 is 0 Å². The number of hydrogen-bond donors (Lipinski definition) is 0. The predicted octanol–water partition coefficient (Wildman–Crippen LogP) is 5.02. The van der Waals surface area contributed by atoms with Crippen molar-refractivity contribution < 1.29 is 19.1 Å². The monoisotopic (exact) mass is 439 g/mol. The van der Waals surface area contributed by atoms with E-state index in [1.807, 2.05) is 61.5 Å². The minimum Gasteiger partial charge on any atom is -0.493 e. The van der Waals surface area contributed by atoms with Crippen LogP contribution in [-0.2, 0) is 14.3 Å². The van der Waals surface area contributed by atoms with E-state index in [0.717, 1.165) is 16.2 Å². The highest BCUT2D eigenvalue weighted by molar-refractivity contribution is 8.04. The Balaban J connectivity index is 1.87. The number of hydrogen-bond acceptors (Lipinski definition) is 5. The van der Waals surface area contributed by atoms with Crippen LogP contribution in [0.3, 0.4) is 0 Å². The standard InChI is InChI=1S/C25H29NO4S/c1-4-29-16-8-15-26-24(27)22(19-11-13-20(14-12-19)30-17-18(2)3)23(25(26)28)31-21-9-6-5-7-10-21/h5-7,9-14,18H,4,8,15-17H2,1-3H3. The van der Waals surface area contributed by atoms with Gasteiger partial charge in [0.05, 0.1) is 17.1 Å². The van der Waals surface area contributed by atoms with E-state index in [1.54, 1.807) is 0 Å². The second kappa shape index (κ2) is 11.2. The Morgan fingerprint density at radius 3 is 2.32 bits per heavy atom. The number of thioether (sulfide) groups is 1. The van der Waals surface area contributed by atoms with E-state index in [-0.39, 0.29) is 11.8 Å². The number of carbonyl (C=O) groups is 2. The minimum absolute atomic E-state index is 0.245. The zero-order valence-electron chi connectivity index (χ0n) is 18.3. The summed E-state index contributed by atoms with van der Waals surface area (Å²) in [6, 6.07) is 17.1. The molecule has 2 aromatic rings. The molecule has 31 heavy (non-hydrogen) atoms. The van der Waals surface area contributed by atoms with Crippen molar-refractivity contribution in [1.29, 1.82) is 0 Å². The van der Waals surface area contributed by atoms with Crippen LogP contribution in [0.4, 0.5) is 0 Å². The fourth-order valence-corrected chi connectivity index (χ4v) is 4.20. The summed E-state index contributed by atoms with van der Waals surface area (Å²) in [5, 5.41) is 0. The first kappa shape index (κ1) is 23.1. The predicted molar refractivity (Wildman–Crippen MR) is 124 cm³/mol. The van der Waals surface area contributed by atoms with Gasteiger partial charge in [-0.1, -0.05) is 55.9 Å². The molecule has 0 atom stereocenters. The van der Waals surface area contributed by atoms with Gasteiger partial charge in [0.25, 0.3) is 11.8 Å². The molecule has 2 amide bonds. The number of carbonyl (C=O) groups excluding carboxylic acids is 2. The molecule has 1 aliphatic rings. The topological polar surface area (TPSA) is 55.8 Å². The van der Waals surface area contributed by atoms with Crippen molar-refractivity contribution in [2.75, 3.05) is 26.4 Å². The lowest BCUT2D eigenvalue weighted by Gasteiger charge is -2.15. The van der Waals surface area contributed by atoms with Gasteiger partial charge in [0, 0.05) is 24.7 Å². The molecule has 164 valence electrons. The Morgan fingerprint density at radius 2 is 1.68 bits per heavy atom. The first-order valence-electron chi connectivity index (χ1n) is 10.7. The Hall–Kier alpha value is -2.57. The second-order valence-electron chi connectivity index (χ2n) is 7.66. The van der Waals surface area contributed by atoms with E-state index in [9.17, 15) is 9.59 Å². The van der Waals surface area contributed by atoms with Crippen molar-refractivity contribution in [3.8, 4) is 5.75 Å². The molecule has 0 radical (unpaired) electrons. The molecule has 0 bridgehead atoms. The van der Waals surface area contributed by atoms with Gasteiger partial charge >= 0.3 is 0 Å². The number of amides is 2. The molecule has 2 aromatic carbocycles. The molecule has 5 nitrogen and oxygen atoms in total. The van der Waals surface area contributed by atoms with E-state index in [2.05, 4.69) is 13.8 Å². The summed E-state index contributed by atoms with van der Waals surface area (Å²) in [4.78, 5) is 29.1. The summed E-state index contributed by atoms with van der Waals surface area (Å²) in [6.07, 6.45) is 0.615. The van der Waals surface area contributed by atoms with E-state index < -0.39 is 0 Å². The number of ether oxygens (including phenoxy) is 2. The van der Waals surface area contributed by atoms with E-state index in [4.69, 9.17) is 9.47 Å². The highest BCUT2D eigenvalue weighted by Gasteiger charge is 2.39. The number of benzene rings is 2. The fraction of sp³-hybridized carbons (Fsp3) is 0.360. The maximum atomic E-state index is 13.2. The van der Waals surface area contributed by atoms with Gasteiger partial charge < -0.3 is 9.47 Å². The summed E-state index contributed by atoms with van der Waals surface area (Å²) in [6.45, 7) is 8.22. The van der Waals surface area contributed by atoms with Gasteiger partial charge in [0.1, 0.15) is 5.75 Å². The maximum absolute atomic E-state index is 13.2. The second-order valence-corrected chi connectivity index (χ2v) is 8.74. The lowest BCUT2D eigenvalue weighted by Crippen LogP contribution is -2.33. The van der Waals surface area contributed by atoms with Crippen molar-refractivity contribution in [1.82, 2.24) is 4.90 Å². The quantitative estimate of drug-likeness (QED) is 0.363. The molecule has 0 fully saturated rings. The maximum Gasteiger partial charge on any atom is 0.268 e. The van der Waals surface area contributed by atoms with Gasteiger partial charge in [-0.3, -0.25) is 14.5 Å². The molecule has 6 heteroatoms. The van der Waals surface area contributed by atoms with Crippen molar-refractivity contribution in [2.24, 2.45) is 5.92 Å². The van der Waals surface area contributed by atoms with Crippen molar-refractivity contribution in [3.05, 3.63) is 65.1 Å². The lowest BCUT2D eigenvalue weighted by atomic mass is 10.1. The Morgan fingerprint density at radius 1 is 0.968 bits per heavy atom. The van der Waals surface area contributed by atoms with Crippen LogP contribution >= 0.6 is 11.8 Å². The van der Waals surface area contributed by atoms with Crippen LogP contribution in [0.2, 0.25) is 0 Å². The van der Waals surface area contributed by atoms with Gasteiger partial charge in [0.15, 0.2) is 0 Å². The van der Waals surface area contributed by atoms with E-state index in [1.165, 1.54) is 16.7 Å². The van der Waals surface area contributed by atoms with Crippen LogP contribution in [0.5, 0.6) is 5.75 Å². The molecule has 0 N–H and O–H groups in total. The van der Waals surface area contributed by atoms with Gasteiger partial charge in [-0.15, -0.1) is 0 Å². The van der Waals surface area contributed by atoms with Gasteiger partial charge in [-0.2, -0.15) is 0 Å². The average molecular weight is 440 g/mol. The summed E-state index contributed by atoms with van der Waals surface area (Å²) in [7, 11) is 0. The van der Waals surface area contributed by atoms with Crippen molar-refractivity contribution in [3.63, 3.8) is 0 Å². The fourth-order valence-electron chi connectivity index (χ4n) is 3.16. The summed E-state index contributed by atoms with van der Waals surface area (Å²) >= 11 is 1.34. The average Bonchev–Trinajstić information content (AvgIpc) is 3.00. The highest BCUT2D eigenvalue weighted by atomic mass is 32.2. The Kier molecular flexibility index (Phi) is 8.32.